The van der Waals surface area contributed by atoms with Gasteiger partial charge in [0.2, 0.25) is 0 Å². The number of nitrogens with one attached hydrogen (secondary N) is 1. The highest BCUT2D eigenvalue weighted by atomic mass is 16.5. The van der Waals surface area contributed by atoms with Crippen molar-refractivity contribution in [3.8, 4) is 11.5 Å². The molecular weight excluding hydrogens is 198 g/mol. The predicted octanol–water partition coefficient (Wildman–Crippen LogP) is 0.344. The summed E-state index contributed by atoms with van der Waals surface area (Å²) in [6.07, 6.45) is 0. The van der Waals surface area contributed by atoms with Crippen LogP contribution in [0.2, 0.25) is 0 Å². The Morgan fingerprint density at radius 2 is 2.20 bits per heavy atom. The van der Waals surface area contributed by atoms with Crippen molar-refractivity contribution < 1.29 is 19.1 Å². The average molecular weight is 207 g/mol. The molecule has 1 heterocycles. The van der Waals surface area contributed by atoms with Gasteiger partial charge in [-0.3, -0.25) is 14.9 Å². The topological polar surface area (TPSA) is 64.6 Å². The summed E-state index contributed by atoms with van der Waals surface area (Å²) in [6.45, 7) is -0.181. The van der Waals surface area contributed by atoms with Gasteiger partial charge >= 0.3 is 0 Å². The molecule has 1 aliphatic heterocycles. The molecule has 0 atom stereocenters. The zero-order chi connectivity index (χ0) is 10.8. The number of carbonyl (C=O) groups is 2. The van der Waals surface area contributed by atoms with E-state index in [0.717, 1.165) is 0 Å². The summed E-state index contributed by atoms with van der Waals surface area (Å²) in [7, 11) is 1.48. The van der Waals surface area contributed by atoms with E-state index in [1.54, 1.807) is 18.2 Å². The van der Waals surface area contributed by atoms with Gasteiger partial charge in [-0.2, -0.15) is 0 Å². The van der Waals surface area contributed by atoms with Crippen molar-refractivity contribution in [3.63, 3.8) is 0 Å². The first-order valence-corrected chi connectivity index (χ1v) is 4.36. The maximum Gasteiger partial charge on any atom is 0.264 e. The third-order valence-electron chi connectivity index (χ3n) is 2.04. The van der Waals surface area contributed by atoms with Crippen LogP contribution in [-0.4, -0.2) is 25.5 Å². The smallest absolute Gasteiger partial charge is 0.264 e. The Morgan fingerprint density at radius 3 is 2.93 bits per heavy atom. The van der Waals surface area contributed by atoms with E-state index in [-0.39, 0.29) is 6.61 Å². The Morgan fingerprint density at radius 1 is 1.40 bits per heavy atom. The van der Waals surface area contributed by atoms with E-state index >= 15 is 0 Å². The van der Waals surface area contributed by atoms with Crippen LogP contribution in [0.25, 0.3) is 0 Å². The molecule has 0 aliphatic carbocycles. The Kier molecular flexibility index (Phi) is 2.29. The molecule has 0 aromatic heterocycles. The van der Waals surface area contributed by atoms with Gasteiger partial charge in [0.15, 0.2) is 18.1 Å². The molecular formula is C10H9NO4. The molecule has 0 saturated carbocycles. The van der Waals surface area contributed by atoms with Crippen molar-refractivity contribution in [2.24, 2.45) is 0 Å². The molecule has 1 aromatic carbocycles. The second-order valence-corrected chi connectivity index (χ2v) is 3.00. The number of para-hydroxylation sites is 1. The van der Waals surface area contributed by atoms with Crippen LogP contribution in [0, 0.1) is 0 Å². The zero-order valence-electron chi connectivity index (χ0n) is 8.07. The lowest BCUT2D eigenvalue weighted by atomic mass is 10.2. The minimum absolute atomic E-state index is 0.181. The summed E-state index contributed by atoms with van der Waals surface area (Å²) in [4.78, 5) is 22.6. The van der Waals surface area contributed by atoms with Gasteiger partial charge in [0.1, 0.15) is 0 Å². The lowest BCUT2D eigenvalue weighted by Gasteiger charge is -2.09. The SMILES string of the molecule is COc1cccc2c1OCC(=O)NC2=O. The van der Waals surface area contributed by atoms with E-state index in [4.69, 9.17) is 9.47 Å². The average Bonchev–Trinajstić information content (AvgIpc) is 2.38. The summed E-state index contributed by atoms with van der Waals surface area (Å²) < 4.78 is 10.2. The van der Waals surface area contributed by atoms with E-state index in [1.165, 1.54) is 7.11 Å². The van der Waals surface area contributed by atoms with Crippen molar-refractivity contribution in [2.45, 2.75) is 0 Å². The number of ether oxygens (including phenoxy) is 2. The number of hydrogen-bond acceptors (Lipinski definition) is 4. The van der Waals surface area contributed by atoms with Crippen LogP contribution in [0.4, 0.5) is 0 Å². The van der Waals surface area contributed by atoms with Crippen LogP contribution in [-0.2, 0) is 4.79 Å². The maximum atomic E-state index is 11.5. The number of benzene rings is 1. The molecule has 1 N–H and O–H groups in total. The summed E-state index contributed by atoms with van der Waals surface area (Å²) in [5, 5.41) is 2.19. The predicted molar refractivity (Wildman–Crippen MR) is 51.0 cm³/mol. The molecule has 2 amide bonds. The van der Waals surface area contributed by atoms with E-state index in [1.807, 2.05) is 0 Å². The molecule has 0 spiro atoms. The van der Waals surface area contributed by atoms with Crippen LogP contribution in [0.3, 0.4) is 0 Å². The lowest BCUT2D eigenvalue weighted by molar-refractivity contribution is -0.121. The Labute approximate surface area is 86.0 Å². The van der Waals surface area contributed by atoms with Crippen molar-refractivity contribution >= 4 is 11.8 Å². The molecule has 1 aliphatic rings. The quantitative estimate of drug-likeness (QED) is 0.674. The third kappa shape index (κ3) is 1.63. The molecule has 15 heavy (non-hydrogen) atoms. The number of rotatable bonds is 1. The molecule has 1 aromatic rings. The third-order valence-corrected chi connectivity index (χ3v) is 2.04. The van der Waals surface area contributed by atoms with Gasteiger partial charge in [0, 0.05) is 0 Å². The minimum Gasteiger partial charge on any atom is -0.493 e. The van der Waals surface area contributed by atoms with Crippen molar-refractivity contribution in [1.82, 2.24) is 5.32 Å². The highest BCUT2D eigenvalue weighted by Gasteiger charge is 2.23. The number of methoxy groups -OCH3 is 1. The molecule has 0 radical (unpaired) electrons. The number of carbonyl (C=O) groups excluding carboxylic acids is 2. The van der Waals surface area contributed by atoms with Crippen molar-refractivity contribution in [3.05, 3.63) is 23.8 Å². The fourth-order valence-corrected chi connectivity index (χ4v) is 1.37. The highest BCUT2D eigenvalue weighted by Crippen LogP contribution is 2.31. The fraction of sp³-hybridized carbons (Fsp3) is 0.200. The highest BCUT2D eigenvalue weighted by molar-refractivity contribution is 6.08. The number of fused-ring (bicyclic) bond motifs is 1. The first-order chi connectivity index (χ1) is 7.22. The van der Waals surface area contributed by atoms with Gasteiger partial charge in [0.05, 0.1) is 12.7 Å². The first-order valence-electron chi connectivity index (χ1n) is 4.36. The van der Waals surface area contributed by atoms with E-state index in [0.29, 0.717) is 17.1 Å². The standard InChI is InChI=1S/C10H9NO4/c1-14-7-4-2-3-6-9(7)15-5-8(12)11-10(6)13/h2-4H,5H2,1H3,(H,11,12,13). The largest absolute Gasteiger partial charge is 0.493 e. The molecule has 0 unspecified atom stereocenters. The Bertz CT molecular complexity index is 427. The molecule has 5 heteroatoms. The number of imide groups is 1. The van der Waals surface area contributed by atoms with Crippen LogP contribution in [0.15, 0.2) is 18.2 Å². The lowest BCUT2D eigenvalue weighted by Crippen LogP contribution is -2.31. The summed E-state index contributed by atoms with van der Waals surface area (Å²) >= 11 is 0. The number of amides is 2. The fourth-order valence-electron chi connectivity index (χ4n) is 1.37. The monoisotopic (exact) mass is 207 g/mol. The van der Waals surface area contributed by atoms with Crippen molar-refractivity contribution in [2.75, 3.05) is 13.7 Å². The van der Waals surface area contributed by atoms with Crippen LogP contribution in [0.5, 0.6) is 11.5 Å². The molecule has 0 fully saturated rings. The van der Waals surface area contributed by atoms with Crippen LogP contribution < -0.4 is 14.8 Å². The van der Waals surface area contributed by atoms with E-state index < -0.39 is 11.8 Å². The van der Waals surface area contributed by atoms with Gasteiger partial charge in [-0.05, 0) is 12.1 Å². The Balaban J connectivity index is 2.52. The second-order valence-electron chi connectivity index (χ2n) is 3.00. The van der Waals surface area contributed by atoms with Crippen molar-refractivity contribution in [1.29, 1.82) is 0 Å². The summed E-state index contributed by atoms with van der Waals surface area (Å²) in [5.41, 5.74) is 0.306. The minimum atomic E-state index is -0.466. The maximum absolute atomic E-state index is 11.5. The van der Waals surface area contributed by atoms with Crippen LogP contribution >= 0.6 is 0 Å². The normalized spacial score (nSPS) is 14.7. The zero-order valence-corrected chi connectivity index (χ0v) is 8.07. The molecule has 2 rings (SSSR count). The van der Waals surface area contributed by atoms with Crippen LogP contribution in [0.1, 0.15) is 10.4 Å². The van der Waals surface area contributed by atoms with Gasteiger partial charge in [-0.15, -0.1) is 0 Å². The van der Waals surface area contributed by atoms with Gasteiger partial charge in [-0.1, -0.05) is 6.07 Å². The summed E-state index contributed by atoms with van der Waals surface area (Å²) in [6, 6.07) is 4.91. The molecule has 78 valence electrons. The van der Waals surface area contributed by atoms with Gasteiger partial charge < -0.3 is 9.47 Å². The Hall–Kier alpha value is -2.04. The van der Waals surface area contributed by atoms with E-state index in [2.05, 4.69) is 5.32 Å². The first kappa shape index (κ1) is 9.51. The van der Waals surface area contributed by atoms with Gasteiger partial charge in [0.25, 0.3) is 11.8 Å². The second kappa shape index (κ2) is 3.61. The number of hydrogen-bond donors (Lipinski definition) is 1. The van der Waals surface area contributed by atoms with E-state index in [9.17, 15) is 9.59 Å². The summed E-state index contributed by atoms with van der Waals surface area (Å²) in [5.74, 6) is -0.176. The van der Waals surface area contributed by atoms with Gasteiger partial charge in [-0.25, -0.2) is 0 Å². The molecule has 0 saturated heterocycles. The molecule has 0 bridgehead atoms. The molecule has 5 nitrogen and oxygen atoms in total.